The summed E-state index contributed by atoms with van der Waals surface area (Å²) in [7, 11) is 0. The summed E-state index contributed by atoms with van der Waals surface area (Å²) >= 11 is 0. The predicted octanol–water partition coefficient (Wildman–Crippen LogP) is 2.17. The summed E-state index contributed by atoms with van der Waals surface area (Å²) in [5.41, 5.74) is -0.0306. The van der Waals surface area contributed by atoms with E-state index in [1.54, 1.807) is 0 Å². The fourth-order valence-electron chi connectivity index (χ4n) is 2.69. The molecule has 0 aliphatic carbocycles. The van der Waals surface area contributed by atoms with Crippen molar-refractivity contribution in [3.05, 3.63) is 35.4 Å². The van der Waals surface area contributed by atoms with E-state index >= 15 is 0 Å². The minimum Gasteiger partial charge on any atom is -0.298 e. The molecule has 0 spiro atoms. The van der Waals surface area contributed by atoms with Gasteiger partial charge in [-0.05, 0) is 25.6 Å². The molecule has 1 saturated heterocycles. The molecule has 1 unspecified atom stereocenters. The van der Waals surface area contributed by atoms with Gasteiger partial charge in [-0.1, -0.05) is 6.92 Å². The number of hydrogen-bond donors (Lipinski definition) is 0. The van der Waals surface area contributed by atoms with Gasteiger partial charge in [0, 0.05) is 31.7 Å². The first-order valence-electron chi connectivity index (χ1n) is 6.96. The van der Waals surface area contributed by atoms with Crippen LogP contribution in [0.25, 0.3) is 0 Å². The average molecular weight is 282 g/mol. The van der Waals surface area contributed by atoms with Gasteiger partial charge < -0.3 is 0 Å². The molecule has 0 amide bonds. The molecule has 1 heterocycles. The topological polar surface area (TPSA) is 23.6 Å². The quantitative estimate of drug-likeness (QED) is 0.791. The summed E-state index contributed by atoms with van der Waals surface area (Å²) in [5.74, 6) is -1.74. The summed E-state index contributed by atoms with van der Waals surface area (Å²) in [6.45, 7) is 7.93. The summed E-state index contributed by atoms with van der Waals surface area (Å²) in [4.78, 5) is 16.5. The van der Waals surface area contributed by atoms with E-state index in [-0.39, 0.29) is 17.9 Å². The van der Waals surface area contributed by atoms with Crippen molar-refractivity contribution in [1.82, 2.24) is 9.80 Å². The monoisotopic (exact) mass is 282 g/mol. The number of nitrogens with zero attached hydrogens (tertiary/aromatic N) is 2. The van der Waals surface area contributed by atoms with Crippen molar-refractivity contribution in [3.63, 3.8) is 0 Å². The van der Waals surface area contributed by atoms with Crippen LogP contribution in [-0.4, -0.2) is 54.3 Å². The lowest BCUT2D eigenvalue weighted by atomic mass is 10.1. The summed E-state index contributed by atoms with van der Waals surface area (Å²) in [5, 5.41) is 0. The van der Waals surface area contributed by atoms with Gasteiger partial charge in [0.1, 0.15) is 11.6 Å². The molecule has 0 aromatic heterocycles. The zero-order valence-corrected chi connectivity index (χ0v) is 11.9. The molecule has 1 aromatic rings. The van der Waals surface area contributed by atoms with Crippen molar-refractivity contribution >= 4 is 5.78 Å². The van der Waals surface area contributed by atoms with Crippen LogP contribution >= 0.6 is 0 Å². The summed E-state index contributed by atoms with van der Waals surface area (Å²) in [6.07, 6.45) is 0. The molecular formula is C15H20F2N2O. The van der Waals surface area contributed by atoms with Gasteiger partial charge >= 0.3 is 0 Å². The van der Waals surface area contributed by atoms with E-state index < -0.39 is 11.6 Å². The van der Waals surface area contributed by atoms with Crippen LogP contribution in [0.3, 0.4) is 0 Å². The number of halogens is 2. The Kier molecular flexibility index (Phi) is 4.83. The van der Waals surface area contributed by atoms with Gasteiger partial charge in [-0.25, -0.2) is 8.78 Å². The maximum atomic E-state index is 13.6. The Hall–Kier alpha value is -1.33. The fraction of sp³-hybridized carbons (Fsp3) is 0.533. The minimum atomic E-state index is -0.782. The first-order valence-corrected chi connectivity index (χ1v) is 6.96. The third-order valence-electron chi connectivity index (χ3n) is 3.85. The first-order chi connectivity index (χ1) is 9.51. The van der Waals surface area contributed by atoms with Gasteiger partial charge in [-0.2, -0.15) is 0 Å². The van der Waals surface area contributed by atoms with Crippen LogP contribution in [0.15, 0.2) is 18.2 Å². The highest BCUT2D eigenvalue weighted by Crippen LogP contribution is 2.13. The Labute approximate surface area is 118 Å². The number of ketones is 1. The van der Waals surface area contributed by atoms with Gasteiger partial charge in [0.05, 0.1) is 12.1 Å². The number of carbonyl (C=O) groups excluding carboxylic acids is 1. The van der Waals surface area contributed by atoms with Crippen LogP contribution < -0.4 is 0 Å². The number of rotatable bonds is 4. The molecule has 0 radical (unpaired) electrons. The number of hydrogen-bond acceptors (Lipinski definition) is 3. The molecule has 2 rings (SSSR count). The van der Waals surface area contributed by atoms with Crippen LogP contribution in [0.4, 0.5) is 8.78 Å². The molecule has 0 N–H and O–H groups in total. The molecule has 1 aliphatic rings. The molecule has 0 saturated carbocycles. The predicted molar refractivity (Wildman–Crippen MR) is 73.8 cm³/mol. The van der Waals surface area contributed by atoms with Gasteiger partial charge in [0.25, 0.3) is 0 Å². The molecule has 1 fully saturated rings. The van der Waals surface area contributed by atoms with Crippen molar-refractivity contribution in [2.45, 2.75) is 19.9 Å². The van der Waals surface area contributed by atoms with Gasteiger partial charge in [-0.3, -0.25) is 14.6 Å². The normalized spacial score (nSPS) is 21.1. The van der Waals surface area contributed by atoms with Crippen molar-refractivity contribution in [1.29, 1.82) is 0 Å². The summed E-state index contributed by atoms with van der Waals surface area (Å²) < 4.78 is 26.4. The lowest BCUT2D eigenvalue weighted by molar-refractivity contribution is 0.0720. The van der Waals surface area contributed by atoms with E-state index in [4.69, 9.17) is 0 Å². The SMILES string of the molecule is CCN1CCN(CC(=O)c2ccc(F)cc2F)CC1C. The van der Waals surface area contributed by atoms with Crippen molar-refractivity contribution < 1.29 is 13.6 Å². The van der Waals surface area contributed by atoms with Crippen LogP contribution in [0.1, 0.15) is 24.2 Å². The van der Waals surface area contributed by atoms with Gasteiger partial charge in [0.15, 0.2) is 5.78 Å². The van der Waals surface area contributed by atoms with Crippen molar-refractivity contribution in [2.24, 2.45) is 0 Å². The van der Waals surface area contributed by atoms with E-state index in [1.165, 1.54) is 6.07 Å². The highest BCUT2D eigenvalue weighted by Gasteiger charge is 2.24. The van der Waals surface area contributed by atoms with Gasteiger partial charge in [0.2, 0.25) is 0 Å². The molecule has 5 heteroatoms. The Balaban J connectivity index is 1.98. The number of piperazine rings is 1. The zero-order chi connectivity index (χ0) is 14.7. The maximum Gasteiger partial charge on any atom is 0.179 e. The molecule has 20 heavy (non-hydrogen) atoms. The second kappa shape index (κ2) is 6.41. The molecule has 1 atom stereocenters. The number of Topliss-reactive ketones (excluding diaryl/α,β-unsaturated/α-hetero) is 1. The molecule has 3 nitrogen and oxygen atoms in total. The van der Waals surface area contributed by atoms with Crippen molar-refractivity contribution in [2.75, 3.05) is 32.7 Å². The largest absolute Gasteiger partial charge is 0.298 e. The Morgan fingerprint density at radius 3 is 2.70 bits per heavy atom. The fourth-order valence-corrected chi connectivity index (χ4v) is 2.69. The van der Waals surface area contributed by atoms with Crippen molar-refractivity contribution in [3.8, 4) is 0 Å². The van der Waals surface area contributed by atoms with E-state index in [0.717, 1.165) is 38.3 Å². The third kappa shape index (κ3) is 3.41. The maximum absolute atomic E-state index is 13.6. The van der Waals surface area contributed by atoms with Gasteiger partial charge in [-0.15, -0.1) is 0 Å². The highest BCUT2D eigenvalue weighted by molar-refractivity contribution is 5.97. The van der Waals surface area contributed by atoms with E-state index in [0.29, 0.717) is 6.04 Å². The minimum absolute atomic E-state index is 0.0306. The third-order valence-corrected chi connectivity index (χ3v) is 3.85. The molecule has 110 valence electrons. The zero-order valence-electron chi connectivity index (χ0n) is 11.9. The van der Waals surface area contributed by atoms with Crippen LogP contribution in [0.2, 0.25) is 0 Å². The summed E-state index contributed by atoms with van der Waals surface area (Å²) in [6, 6.07) is 3.48. The van der Waals surface area contributed by atoms with Crippen LogP contribution in [-0.2, 0) is 0 Å². The Morgan fingerprint density at radius 1 is 1.35 bits per heavy atom. The number of carbonyl (C=O) groups is 1. The second-order valence-electron chi connectivity index (χ2n) is 5.26. The van der Waals surface area contributed by atoms with E-state index in [1.807, 2.05) is 4.90 Å². The lowest BCUT2D eigenvalue weighted by Gasteiger charge is -2.39. The number of benzene rings is 1. The van der Waals surface area contributed by atoms with E-state index in [2.05, 4.69) is 18.7 Å². The molecule has 1 aromatic carbocycles. The Morgan fingerprint density at radius 2 is 2.10 bits per heavy atom. The van der Waals surface area contributed by atoms with E-state index in [9.17, 15) is 13.6 Å². The standard InChI is InChI=1S/C15H20F2N2O/c1-3-19-7-6-18(9-11(19)2)10-15(20)13-5-4-12(16)8-14(13)17/h4-5,8,11H,3,6-7,9-10H2,1-2H3. The highest BCUT2D eigenvalue weighted by atomic mass is 19.1. The first kappa shape index (κ1) is 15.1. The smallest absolute Gasteiger partial charge is 0.179 e. The number of likely N-dealkylation sites (N-methyl/N-ethyl adjacent to an activating group) is 1. The molecule has 0 bridgehead atoms. The molecule has 1 aliphatic heterocycles. The molecular weight excluding hydrogens is 262 g/mol. The van der Waals surface area contributed by atoms with Crippen LogP contribution in [0.5, 0.6) is 0 Å². The Bertz CT molecular complexity index is 493. The van der Waals surface area contributed by atoms with Crippen LogP contribution in [0, 0.1) is 11.6 Å². The average Bonchev–Trinajstić information content (AvgIpc) is 2.38. The lowest BCUT2D eigenvalue weighted by Crippen LogP contribution is -2.52. The second-order valence-corrected chi connectivity index (χ2v) is 5.26.